The number of amides is 2. The Kier molecular flexibility index (Phi) is 3.66. The van der Waals surface area contributed by atoms with Gasteiger partial charge >= 0.3 is 6.03 Å². The summed E-state index contributed by atoms with van der Waals surface area (Å²) in [6.07, 6.45) is 0. The van der Waals surface area contributed by atoms with Crippen LogP contribution in [0, 0.1) is 20.8 Å². The van der Waals surface area contributed by atoms with Crippen molar-refractivity contribution < 1.29 is 4.79 Å². The van der Waals surface area contributed by atoms with Crippen molar-refractivity contribution in [3.8, 4) is 0 Å². The average Bonchev–Trinajstić information content (AvgIpc) is 2.20. The number of nitrogens with one attached hydrogen (secondary N) is 1. The quantitative estimate of drug-likeness (QED) is 0.579. The summed E-state index contributed by atoms with van der Waals surface area (Å²) < 4.78 is 0. The molecule has 0 radical (unpaired) electrons. The Morgan fingerprint density at radius 1 is 1.19 bits per heavy atom. The summed E-state index contributed by atoms with van der Waals surface area (Å²) in [6.45, 7) is 7.98. The number of carbonyl (C=O) groups is 1. The van der Waals surface area contributed by atoms with E-state index in [-0.39, 0.29) is 0 Å². The van der Waals surface area contributed by atoms with E-state index in [4.69, 9.17) is 5.73 Å². The Morgan fingerprint density at radius 2 is 1.75 bits per heavy atom. The molecule has 0 aromatic heterocycles. The van der Waals surface area contributed by atoms with Crippen LogP contribution in [0.1, 0.15) is 29.2 Å². The Morgan fingerprint density at radius 3 is 2.31 bits per heavy atom. The van der Waals surface area contributed by atoms with Gasteiger partial charge in [0.05, 0.1) is 5.71 Å². The number of hydrazone groups is 1. The van der Waals surface area contributed by atoms with E-state index in [9.17, 15) is 4.79 Å². The lowest BCUT2D eigenvalue weighted by atomic mass is 9.98. The second-order valence-corrected chi connectivity index (χ2v) is 3.92. The number of nitrogens with two attached hydrogens (primary N) is 1. The molecule has 16 heavy (non-hydrogen) atoms. The molecule has 4 heteroatoms. The van der Waals surface area contributed by atoms with Gasteiger partial charge in [-0.15, -0.1) is 0 Å². The molecule has 0 bridgehead atoms. The van der Waals surface area contributed by atoms with E-state index in [1.54, 1.807) is 0 Å². The average molecular weight is 219 g/mol. The van der Waals surface area contributed by atoms with Crippen molar-refractivity contribution in [3.05, 3.63) is 34.4 Å². The molecule has 1 rings (SSSR count). The van der Waals surface area contributed by atoms with Crippen LogP contribution >= 0.6 is 0 Å². The second kappa shape index (κ2) is 4.79. The third-order valence-corrected chi connectivity index (χ3v) is 2.56. The van der Waals surface area contributed by atoms with Crippen molar-refractivity contribution in [3.63, 3.8) is 0 Å². The van der Waals surface area contributed by atoms with E-state index in [0.29, 0.717) is 0 Å². The minimum Gasteiger partial charge on any atom is -0.350 e. The van der Waals surface area contributed by atoms with Crippen LogP contribution in [0.2, 0.25) is 0 Å². The number of primary amides is 1. The molecule has 2 amide bonds. The summed E-state index contributed by atoms with van der Waals surface area (Å²) >= 11 is 0. The van der Waals surface area contributed by atoms with Gasteiger partial charge in [-0.05, 0) is 50.5 Å². The van der Waals surface area contributed by atoms with Gasteiger partial charge < -0.3 is 5.73 Å². The van der Waals surface area contributed by atoms with Crippen molar-refractivity contribution in [2.45, 2.75) is 27.7 Å². The molecule has 3 N–H and O–H groups in total. The van der Waals surface area contributed by atoms with Crippen LogP contribution in [0.3, 0.4) is 0 Å². The second-order valence-electron chi connectivity index (χ2n) is 3.92. The number of aryl methyl sites for hydroxylation is 3. The summed E-state index contributed by atoms with van der Waals surface area (Å²) in [7, 11) is 0. The van der Waals surface area contributed by atoms with Gasteiger partial charge in [0.15, 0.2) is 0 Å². The first-order valence-electron chi connectivity index (χ1n) is 5.09. The summed E-state index contributed by atoms with van der Waals surface area (Å²) in [5.41, 5.74) is 12.5. The number of nitrogens with zero attached hydrogens (tertiary/aromatic N) is 1. The van der Waals surface area contributed by atoms with E-state index >= 15 is 0 Å². The highest BCUT2D eigenvalue weighted by molar-refractivity contribution is 6.00. The Labute approximate surface area is 95.5 Å². The summed E-state index contributed by atoms with van der Waals surface area (Å²) in [4.78, 5) is 10.5. The molecule has 0 fully saturated rings. The lowest BCUT2D eigenvalue weighted by Gasteiger charge is -2.09. The smallest absolute Gasteiger partial charge is 0.332 e. The van der Waals surface area contributed by atoms with E-state index in [1.165, 1.54) is 11.1 Å². The van der Waals surface area contributed by atoms with E-state index in [1.807, 2.05) is 20.8 Å². The van der Waals surface area contributed by atoms with Crippen LogP contribution in [0.15, 0.2) is 17.2 Å². The largest absolute Gasteiger partial charge is 0.350 e. The number of rotatable bonds is 2. The van der Waals surface area contributed by atoms with Crippen LogP contribution < -0.4 is 11.2 Å². The molecule has 86 valence electrons. The van der Waals surface area contributed by atoms with E-state index in [2.05, 4.69) is 29.6 Å². The topological polar surface area (TPSA) is 67.5 Å². The summed E-state index contributed by atoms with van der Waals surface area (Å²) in [5.74, 6) is 0. The van der Waals surface area contributed by atoms with Crippen LogP contribution in [-0.2, 0) is 0 Å². The molecule has 0 atom stereocenters. The fraction of sp³-hybridized carbons (Fsp3) is 0.333. The lowest BCUT2D eigenvalue weighted by molar-refractivity contribution is 0.249. The SMILES string of the molecule is C/C(=N\NC(N)=O)c1cc(C)c(C)cc1C. The van der Waals surface area contributed by atoms with Crippen molar-refractivity contribution >= 4 is 11.7 Å². The highest BCUT2D eigenvalue weighted by atomic mass is 16.2. The zero-order valence-corrected chi connectivity index (χ0v) is 10.1. The van der Waals surface area contributed by atoms with Gasteiger partial charge in [0.2, 0.25) is 0 Å². The van der Waals surface area contributed by atoms with Crippen molar-refractivity contribution in [2.24, 2.45) is 10.8 Å². The number of urea groups is 1. The third-order valence-electron chi connectivity index (χ3n) is 2.56. The van der Waals surface area contributed by atoms with Gasteiger partial charge in [-0.3, -0.25) is 0 Å². The molecule has 0 spiro atoms. The maximum atomic E-state index is 10.5. The van der Waals surface area contributed by atoms with Crippen LogP contribution in [0.4, 0.5) is 4.79 Å². The van der Waals surface area contributed by atoms with Crippen molar-refractivity contribution in [1.29, 1.82) is 0 Å². The molecular formula is C12H17N3O. The molecule has 0 aliphatic heterocycles. The van der Waals surface area contributed by atoms with Gasteiger partial charge in [0.1, 0.15) is 0 Å². The highest BCUT2D eigenvalue weighted by Crippen LogP contribution is 2.15. The Bertz CT molecular complexity index is 450. The predicted octanol–water partition coefficient (Wildman–Crippen LogP) is 2.00. The number of carbonyl (C=O) groups excluding carboxylic acids is 1. The molecular weight excluding hydrogens is 202 g/mol. The molecule has 0 aliphatic rings. The van der Waals surface area contributed by atoms with Gasteiger partial charge in [0, 0.05) is 5.56 Å². The monoisotopic (exact) mass is 219 g/mol. The minimum atomic E-state index is -0.652. The van der Waals surface area contributed by atoms with Gasteiger partial charge in [0.25, 0.3) is 0 Å². The van der Waals surface area contributed by atoms with E-state index in [0.717, 1.165) is 16.8 Å². The Hall–Kier alpha value is -1.84. The Balaban J connectivity index is 3.08. The fourth-order valence-electron chi connectivity index (χ4n) is 1.55. The first-order chi connectivity index (χ1) is 7.41. The molecule has 0 saturated carbocycles. The zero-order valence-electron chi connectivity index (χ0n) is 10.1. The highest BCUT2D eigenvalue weighted by Gasteiger charge is 2.05. The fourth-order valence-corrected chi connectivity index (χ4v) is 1.55. The molecule has 4 nitrogen and oxygen atoms in total. The maximum Gasteiger partial charge on any atom is 0.332 e. The van der Waals surface area contributed by atoms with Crippen LogP contribution in [0.25, 0.3) is 0 Å². The molecule has 0 heterocycles. The van der Waals surface area contributed by atoms with Crippen LogP contribution in [0.5, 0.6) is 0 Å². The zero-order chi connectivity index (χ0) is 12.3. The van der Waals surface area contributed by atoms with Gasteiger partial charge in [-0.25, -0.2) is 10.2 Å². The maximum absolute atomic E-state index is 10.5. The molecule has 0 aliphatic carbocycles. The predicted molar refractivity (Wildman–Crippen MR) is 65.6 cm³/mol. The standard InChI is InChI=1S/C12H17N3O/c1-7-5-9(3)11(6-8(7)2)10(4)14-15-12(13)16/h5-6H,1-4H3,(H3,13,15,16)/b14-10+. The number of hydrogen-bond acceptors (Lipinski definition) is 2. The van der Waals surface area contributed by atoms with Gasteiger partial charge in [-0.1, -0.05) is 6.07 Å². The van der Waals surface area contributed by atoms with Crippen molar-refractivity contribution in [1.82, 2.24) is 5.43 Å². The summed E-state index contributed by atoms with van der Waals surface area (Å²) in [5, 5.41) is 3.92. The van der Waals surface area contributed by atoms with E-state index < -0.39 is 6.03 Å². The normalized spacial score (nSPS) is 11.4. The van der Waals surface area contributed by atoms with Crippen LogP contribution in [-0.4, -0.2) is 11.7 Å². The molecule has 0 unspecified atom stereocenters. The van der Waals surface area contributed by atoms with Crippen molar-refractivity contribution in [2.75, 3.05) is 0 Å². The first kappa shape index (κ1) is 12.2. The first-order valence-corrected chi connectivity index (χ1v) is 5.09. The molecule has 0 saturated heterocycles. The number of benzene rings is 1. The molecule has 1 aromatic rings. The third kappa shape index (κ3) is 2.82. The lowest BCUT2D eigenvalue weighted by Crippen LogP contribution is -2.25. The van der Waals surface area contributed by atoms with Gasteiger partial charge in [-0.2, -0.15) is 5.10 Å². The minimum absolute atomic E-state index is 0.652. The summed E-state index contributed by atoms with van der Waals surface area (Å²) in [6, 6.07) is 3.51. The number of hydrogen-bond donors (Lipinski definition) is 2. The molecule has 1 aromatic carbocycles.